The fraction of sp³-hybridized carbons (Fsp3) is 0. The molecule has 7 heteroatoms. The normalized spacial score (nSPS) is 11.2. The van der Waals surface area contributed by atoms with Crippen LogP contribution < -0.4 is 4.72 Å². The number of hydrogen-bond donors (Lipinski definition) is 1. The fourth-order valence-corrected chi connectivity index (χ4v) is 2.49. The minimum Gasteiger partial charge on any atom is -0.263 e. The van der Waals surface area contributed by atoms with E-state index in [0.29, 0.717) is 5.82 Å². The lowest BCUT2D eigenvalue weighted by Gasteiger charge is -2.03. The summed E-state index contributed by atoms with van der Waals surface area (Å²) in [7, 11) is -3.55. The molecule has 0 radical (unpaired) electrons. The second-order valence-corrected chi connectivity index (χ2v) is 5.07. The van der Waals surface area contributed by atoms with Crippen molar-refractivity contribution in [3.8, 4) is 0 Å². The zero-order valence-electron chi connectivity index (χ0n) is 7.49. The molecule has 2 aromatic rings. The Morgan fingerprint density at radius 1 is 1.40 bits per heavy atom. The quantitative estimate of drug-likeness (QED) is 0.880. The van der Waals surface area contributed by atoms with Crippen LogP contribution in [0, 0.1) is 0 Å². The Kier molecular flexibility index (Phi) is 2.65. The van der Waals surface area contributed by atoms with Crippen molar-refractivity contribution in [2.75, 3.05) is 4.72 Å². The number of sulfonamides is 1. The highest BCUT2D eigenvalue weighted by atomic mass is 32.2. The molecule has 2 rings (SSSR count). The topological polar surface area (TPSA) is 72.0 Å². The summed E-state index contributed by atoms with van der Waals surface area (Å²) in [5, 5.41) is 1.62. The van der Waals surface area contributed by atoms with E-state index in [1.165, 1.54) is 29.8 Å². The standard InChI is InChI=1S/C8H7N3O2S2/c12-15(13,7-2-1-3-9-4-7)11-8-5-14-6-10-8/h1-6,11H. The van der Waals surface area contributed by atoms with Crippen LogP contribution in [0.1, 0.15) is 0 Å². The highest BCUT2D eigenvalue weighted by Crippen LogP contribution is 2.14. The number of thiazole rings is 1. The van der Waals surface area contributed by atoms with E-state index in [4.69, 9.17) is 0 Å². The molecule has 0 amide bonds. The zero-order valence-corrected chi connectivity index (χ0v) is 9.12. The highest BCUT2D eigenvalue weighted by molar-refractivity contribution is 7.92. The Hall–Kier alpha value is -1.47. The number of hydrogen-bond acceptors (Lipinski definition) is 5. The molecule has 0 aliphatic heterocycles. The van der Waals surface area contributed by atoms with Gasteiger partial charge in [-0.25, -0.2) is 13.4 Å². The smallest absolute Gasteiger partial charge is 0.263 e. The Balaban J connectivity index is 2.29. The average Bonchev–Trinajstić information content (AvgIpc) is 2.71. The minimum atomic E-state index is -3.55. The molecule has 0 unspecified atom stereocenters. The number of rotatable bonds is 3. The molecule has 0 saturated heterocycles. The number of nitrogens with one attached hydrogen (secondary N) is 1. The van der Waals surface area contributed by atoms with Crippen molar-refractivity contribution < 1.29 is 8.42 Å². The van der Waals surface area contributed by atoms with E-state index in [-0.39, 0.29) is 4.90 Å². The summed E-state index contributed by atoms with van der Waals surface area (Å²) in [5.74, 6) is 0.323. The Labute approximate surface area is 90.9 Å². The molecule has 0 aromatic carbocycles. The highest BCUT2D eigenvalue weighted by Gasteiger charge is 2.14. The van der Waals surface area contributed by atoms with Gasteiger partial charge in [-0.1, -0.05) is 0 Å². The maximum Gasteiger partial charge on any atom is 0.264 e. The van der Waals surface area contributed by atoms with Crippen LogP contribution in [0.5, 0.6) is 0 Å². The van der Waals surface area contributed by atoms with Crippen molar-refractivity contribution in [1.82, 2.24) is 9.97 Å². The minimum absolute atomic E-state index is 0.123. The predicted molar refractivity (Wildman–Crippen MR) is 57.2 cm³/mol. The Morgan fingerprint density at radius 2 is 2.27 bits per heavy atom. The van der Waals surface area contributed by atoms with Gasteiger partial charge < -0.3 is 0 Å². The maximum atomic E-state index is 11.7. The largest absolute Gasteiger partial charge is 0.264 e. The number of pyridine rings is 1. The summed E-state index contributed by atoms with van der Waals surface area (Å²) in [6.07, 6.45) is 2.80. The molecule has 2 heterocycles. The van der Waals surface area contributed by atoms with Crippen molar-refractivity contribution in [3.05, 3.63) is 35.4 Å². The molecule has 0 atom stereocenters. The lowest BCUT2D eigenvalue weighted by molar-refractivity contribution is 0.600. The lowest BCUT2D eigenvalue weighted by Crippen LogP contribution is -2.13. The molecule has 78 valence electrons. The van der Waals surface area contributed by atoms with E-state index in [9.17, 15) is 8.42 Å². The van der Waals surface area contributed by atoms with E-state index < -0.39 is 10.0 Å². The summed E-state index contributed by atoms with van der Waals surface area (Å²) >= 11 is 1.32. The van der Waals surface area contributed by atoms with Crippen LogP contribution in [-0.2, 0) is 10.0 Å². The summed E-state index contributed by atoms with van der Waals surface area (Å²) in [6.45, 7) is 0. The van der Waals surface area contributed by atoms with Crippen LogP contribution in [0.2, 0.25) is 0 Å². The molecule has 0 fully saturated rings. The third-order valence-electron chi connectivity index (χ3n) is 1.62. The summed E-state index contributed by atoms with van der Waals surface area (Å²) in [6, 6.07) is 3.04. The average molecular weight is 241 g/mol. The summed E-state index contributed by atoms with van der Waals surface area (Å²) in [5.41, 5.74) is 1.56. The van der Waals surface area contributed by atoms with Crippen LogP contribution in [-0.4, -0.2) is 18.4 Å². The van der Waals surface area contributed by atoms with Gasteiger partial charge in [0.1, 0.15) is 4.90 Å². The second kappa shape index (κ2) is 3.95. The third kappa shape index (κ3) is 2.31. The van der Waals surface area contributed by atoms with Crippen molar-refractivity contribution in [2.45, 2.75) is 4.90 Å². The van der Waals surface area contributed by atoms with Crippen LogP contribution in [0.3, 0.4) is 0 Å². The zero-order chi connectivity index (χ0) is 10.7. The Morgan fingerprint density at radius 3 is 2.87 bits per heavy atom. The van der Waals surface area contributed by atoms with Crippen LogP contribution in [0.15, 0.2) is 40.3 Å². The van der Waals surface area contributed by atoms with Gasteiger partial charge in [-0.2, -0.15) is 0 Å². The molecular weight excluding hydrogens is 234 g/mol. The molecule has 1 N–H and O–H groups in total. The van der Waals surface area contributed by atoms with Crippen molar-refractivity contribution in [3.63, 3.8) is 0 Å². The van der Waals surface area contributed by atoms with Crippen molar-refractivity contribution >= 4 is 27.2 Å². The van der Waals surface area contributed by atoms with E-state index >= 15 is 0 Å². The van der Waals surface area contributed by atoms with Gasteiger partial charge >= 0.3 is 0 Å². The van der Waals surface area contributed by atoms with Gasteiger partial charge in [0, 0.05) is 17.8 Å². The molecule has 0 aliphatic rings. The van der Waals surface area contributed by atoms with Gasteiger partial charge in [0.25, 0.3) is 10.0 Å². The van der Waals surface area contributed by atoms with Crippen LogP contribution in [0.25, 0.3) is 0 Å². The molecule has 0 saturated carbocycles. The van der Waals surface area contributed by atoms with E-state index in [1.54, 1.807) is 17.0 Å². The van der Waals surface area contributed by atoms with Gasteiger partial charge in [-0.3, -0.25) is 9.71 Å². The first kappa shape index (κ1) is 10.1. The van der Waals surface area contributed by atoms with Gasteiger partial charge in [0.15, 0.2) is 5.82 Å². The monoisotopic (exact) mass is 241 g/mol. The van der Waals surface area contributed by atoms with Crippen LogP contribution >= 0.6 is 11.3 Å². The first-order valence-corrected chi connectivity index (χ1v) is 6.42. The van der Waals surface area contributed by atoms with Crippen LogP contribution in [0.4, 0.5) is 5.82 Å². The number of nitrogens with zero attached hydrogens (tertiary/aromatic N) is 2. The molecule has 0 spiro atoms. The van der Waals surface area contributed by atoms with Gasteiger partial charge in [0.2, 0.25) is 0 Å². The van der Waals surface area contributed by atoms with Gasteiger partial charge in [-0.15, -0.1) is 11.3 Å². The molecule has 2 aromatic heterocycles. The summed E-state index contributed by atoms with van der Waals surface area (Å²) in [4.78, 5) is 7.70. The number of anilines is 1. The second-order valence-electron chi connectivity index (χ2n) is 2.67. The van der Waals surface area contributed by atoms with Crippen molar-refractivity contribution in [1.29, 1.82) is 0 Å². The van der Waals surface area contributed by atoms with Crippen molar-refractivity contribution in [2.24, 2.45) is 0 Å². The van der Waals surface area contributed by atoms with E-state index in [2.05, 4.69) is 14.7 Å². The maximum absolute atomic E-state index is 11.7. The lowest BCUT2D eigenvalue weighted by atomic mass is 10.5. The molecule has 5 nitrogen and oxygen atoms in total. The first-order chi connectivity index (χ1) is 7.18. The van der Waals surface area contributed by atoms with Gasteiger partial charge in [0.05, 0.1) is 5.51 Å². The predicted octanol–water partition coefficient (Wildman–Crippen LogP) is 1.34. The fourth-order valence-electron chi connectivity index (χ4n) is 0.966. The third-order valence-corrected chi connectivity index (χ3v) is 3.54. The molecule has 0 aliphatic carbocycles. The molecular formula is C8H7N3O2S2. The molecule has 0 bridgehead atoms. The number of aromatic nitrogens is 2. The van der Waals surface area contributed by atoms with E-state index in [1.807, 2.05) is 0 Å². The summed E-state index contributed by atoms with van der Waals surface area (Å²) < 4.78 is 25.8. The van der Waals surface area contributed by atoms with E-state index in [0.717, 1.165) is 0 Å². The molecule has 15 heavy (non-hydrogen) atoms. The Bertz CT molecular complexity index is 522. The first-order valence-electron chi connectivity index (χ1n) is 3.99. The SMILES string of the molecule is O=S(=O)(Nc1cscn1)c1cccnc1. The van der Waals surface area contributed by atoms with Gasteiger partial charge in [-0.05, 0) is 12.1 Å².